The number of methoxy groups -OCH3 is 1. The first-order valence-corrected chi connectivity index (χ1v) is 5.76. The summed E-state index contributed by atoms with van der Waals surface area (Å²) in [6, 6.07) is 0. The van der Waals surface area contributed by atoms with Crippen LogP contribution in [-0.4, -0.2) is 13.7 Å². The van der Waals surface area contributed by atoms with E-state index in [1.807, 2.05) is 0 Å². The summed E-state index contributed by atoms with van der Waals surface area (Å²) in [5.41, 5.74) is 0.701. The van der Waals surface area contributed by atoms with Crippen LogP contribution >= 0.6 is 0 Å². The van der Waals surface area contributed by atoms with Crippen LogP contribution in [0.1, 0.15) is 58.3 Å². The third kappa shape index (κ3) is 4.12. The zero-order valence-corrected chi connectivity index (χ0v) is 9.27. The average Bonchev–Trinajstić information content (AvgIpc) is 2.53. The zero-order valence-electron chi connectivity index (χ0n) is 9.27. The Morgan fingerprint density at radius 3 is 2.38 bits per heavy atom. The van der Waals surface area contributed by atoms with Crippen molar-refractivity contribution in [3.05, 3.63) is 0 Å². The molecule has 1 rings (SSSR count). The maximum Gasteiger partial charge on any atom is 0.0462 e. The van der Waals surface area contributed by atoms with Gasteiger partial charge in [0.05, 0.1) is 0 Å². The number of unbranched alkanes of at least 4 members (excludes halogenated alkanes) is 2. The molecule has 1 saturated carbocycles. The summed E-state index contributed by atoms with van der Waals surface area (Å²) in [4.78, 5) is 0. The summed E-state index contributed by atoms with van der Waals surface area (Å²) in [5.74, 6) is 0. The maximum absolute atomic E-state index is 5.04. The lowest BCUT2D eigenvalue weighted by Crippen LogP contribution is -2.10. The Morgan fingerprint density at radius 2 is 1.77 bits per heavy atom. The molecule has 13 heavy (non-hydrogen) atoms. The van der Waals surface area contributed by atoms with E-state index in [0.29, 0.717) is 5.41 Å². The molecule has 1 aliphatic rings. The summed E-state index contributed by atoms with van der Waals surface area (Å²) in [5, 5.41) is 0. The van der Waals surface area contributed by atoms with Crippen molar-refractivity contribution in [1.82, 2.24) is 0 Å². The Labute approximate surface area is 82.9 Å². The predicted molar refractivity (Wildman–Crippen MR) is 56.9 cm³/mol. The highest BCUT2D eigenvalue weighted by Gasteiger charge is 2.27. The second-order valence-electron chi connectivity index (χ2n) is 4.82. The normalized spacial score (nSPS) is 20.8. The van der Waals surface area contributed by atoms with Gasteiger partial charge in [-0.25, -0.2) is 0 Å². The number of hydrogen-bond donors (Lipinski definition) is 0. The minimum Gasteiger partial charge on any atom is -0.385 e. The average molecular weight is 184 g/mol. The molecule has 0 amide bonds. The standard InChI is InChI=1S/C12H24O/c1-12(9-5-6-10-12)8-4-3-7-11-13-2/h3-11H2,1-2H3. The van der Waals surface area contributed by atoms with Crippen molar-refractivity contribution in [3.63, 3.8) is 0 Å². The predicted octanol–water partition coefficient (Wildman–Crippen LogP) is 3.77. The van der Waals surface area contributed by atoms with E-state index in [1.54, 1.807) is 7.11 Å². The van der Waals surface area contributed by atoms with Gasteiger partial charge >= 0.3 is 0 Å². The van der Waals surface area contributed by atoms with E-state index in [2.05, 4.69) is 6.92 Å². The van der Waals surface area contributed by atoms with Gasteiger partial charge in [0.25, 0.3) is 0 Å². The van der Waals surface area contributed by atoms with Crippen molar-refractivity contribution in [2.45, 2.75) is 58.3 Å². The van der Waals surface area contributed by atoms with Gasteiger partial charge in [-0.05, 0) is 31.1 Å². The van der Waals surface area contributed by atoms with Gasteiger partial charge in [-0.3, -0.25) is 0 Å². The molecule has 0 saturated heterocycles. The highest BCUT2D eigenvalue weighted by Crippen LogP contribution is 2.41. The topological polar surface area (TPSA) is 9.23 Å². The molecular formula is C12H24O. The molecule has 0 radical (unpaired) electrons. The first kappa shape index (κ1) is 11.0. The quantitative estimate of drug-likeness (QED) is 0.571. The van der Waals surface area contributed by atoms with E-state index in [1.165, 1.54) is 51.4 Å². The lowest BCUT2D eigenvalue weighted by atomic mass is 9.83. The Bertz CT molecular complexity index is 125. The van der Waals surface area contributed by atoms with Crippen LogP contribution in [0.25, 0.3) is 0 Å². The molecule has 1 aliphatic carbocycles. The van der Waals surface area contributed by atoms with Crippen molar-refractivity contribution in [2.75, 3.05) is 13.7 Å². The van der Waals surface area contributed by atoms with E-state index < -0.39 is 0 Å². The molecule has 1 fully saturated rings. The van der Waals surface area contributed by atoms with E-state index in [9.17, 15) is 0 Å². The van der Waals surface area contributed by atoms with Crippen molar-refractivity contribution in [1.29, 1.82) is 0 Å². The zero-order chi connectivity index (χ0) is 9.57. The van der Waals surface area contributed by atoms with Crippen LogP contribution in [0.5, 0.6) is 0 Å². The van der Waals surface area contributed by atoms with Crippen LogP contribution in [0.2, 0.25) is 0 Å². The van der Waals surface area contributed by atoms with Crippen molar-refractivity contribution < 1.29 is 4.74 Å². The van der Waals surface area contributed by atoms with Crippen LogP contribution in [0.15, 0.2) is 0 Å². The fourth-order valence-electron chi connectivity index (χ4n) is 2.45. The van der Waals surface area contributed by atoms with Gasteiger partial charge in [0, 0.05) is 13.7 Å². The van der Waals surface area contributed by atoms with Crippen LogP contribution in [-0.2, 0) is 4.74 Å². The molecule has 0 aromatic rings. The SMILES string of the molecule is COCCCCCC1(C)CCCC1. The Hall–Kier alpha value is -0.0400. The number of hydrogen-bond acceptors (Lipinski definition) is 1. The third-order valence-electron chi connectivity index (χ3n) is 3.44. The molecule has 0 unspecified atom stereocenters. The fraction of sp³-hybridized carbons (Fsp3) is 1.00. The van der Waals surface area contributed by atoms with E-state index in [-0.39, 0.29) is 0 Å². The van der Waals surface area contributed by atoms with E-state index >= 15 is 0 Å². The smallest absolute Gasteiger partial charge is 0.0462 e. The molecule has 1 nitrogen and oxygen atoms in total. The lowest BCUT2D eigenvalue weighted by Gasteiger charge is -2.22. The summed E-state index contributed by atoms with van der Waals surface area (Å²) < 4.78 is 5.04. The van der Waals surface area contributed by atoms with Crippen molar-refractivity contribution in [2.24, 2.45) is 5.41 Å². The summed E-state index contributed by atoms with van der Waals surface area (Å²) >= 11 is 0. The van der Waals surface area contributed by atoms with Gasteiger partial charge in [0.2, 0.25) is 0 Å². The first-order chi connectivity index (χ1) is 6.27. The number of ether oxygens (including phenoxy) is 1. The van der Waals surface area contributed by atoms with E-state index in [0.717, 1.165) is 6.61 Å². The minimum absolute atomic E-state index is 0.701. The van der Waals surface area contributed by atoms with Crippen LogP contribution < -0.4 is 0 Å². The Morgan fingerprint density at radius 1 is 1.08 bits per heavy atom. The van der Waals surface area contributed by atoms with Gasteiger partial charge in [-0.2, -0.15) is 0 Å². The molecule has 0 aliphatic heterocycles. The molecule has 0 atom stereocenters. The monoisotopic (exact) mass is 184 g/mol. The van der Waals surface area contributed by atoms with Gasteiger partial charge in [0.15, 0.2) is 0 Å². The molecule has 0 aromatic heterocycles. The van der Waals surface area contributed by atoms with E-state index in [4.69, 9.17) is 4.74 Å². The molecule has 0 N–H and O–H groups in total. The van der Waals surface area contributed by atoms with Crippen molar-refractivity contribution >= 4 is 0 Å². The molecule has 0 spiro atoms. The molecule has 1 heteroatoms. The first-order valence-electron chi connectivity index (χ1n) is 5.76. The van der Waals surface area contributed by atoms with Crippen LogP contribution in [0.3, 0.4) is 0 Å². The van der Waals surface area contributed by atoms with Crippen LogP contribution in [0.4, 0.5) is 0 Å². The highest BCUT2D eigenvalue weighted by atomic mass is 16.5. The molecule has 0 heterocycles. The molecule has 0 aromatic carbocycles. The minimum atomic E-state index is 0.701. The highest BCUT2D eigenvalue weighted by molar-refractivity contribution is 4.79. The lowest BCUT2D eigenvalue weighted by molar-refractivity contribution is 0.189. The maximum atomic E-state index is 5.04. The van der Waals surface area contributed by atoms with Crippen LogP contribution in [0, 0.1) is 5.41 Å². The second-order valence-corrected chi connectivity index (χ2v) is 4.82. The second kappa shape index (κ2) is 5.64. The summed E-state index contributed by atoms with van der Waals surface area (Å²) in [6.45, 7) is 3.41. The summed E-state index contributed by atoms with van der Waals surface area (Å²) in [7, 11) is 1.79. The Kier molecular flexibility index (Phi) is 4.79. The molecule has 78 valence electrons. The van der Waals surface area contributed by atoms with Gasteiger partial charge in [-0.15, -0.1) is 0 Å². The molecule has 0 bridgehead atoms. The molecular weight excluding hydrogens is 160 g/mol. The van der Waals surface area contributed by atoms with Gasteiger partial charge in [-0.1, -0.05) is 32.6 Å². The fourth-order valence-corrected chi connectivity index (χ4v) is 2.45. The largest absolute Gasteiger partial charge is 0.385 e. The van der Waals surface area contributed by atoms with Crippen molar-refractivity contribution in [3.8, 4) is 0 Å². The summed E-state index contributed by atoms with van der Waals surface area (Å²) in [6.07, 6.45) is 11.3. The Balaban J connectivity index is 1.98. The van der Waals surface area contributed by atoms with Gasteiger partial charge < -0.3 is 4.74 Å². The number of rotatable bonds is 6. The van der Waals surface area contributed by atoms with Gasteiger partial charge in [0.1, 0.15) is 0 Å². The third-order valence-corrected chi connectivity index (χ3v) is 3.44.